The van der Waals surface area contributed by atoms with Crippen molar-refractivity contribution in [3.05, 3.63) is 30.0 Å². The lowest BCUT2D eigenvalue weighted by molar-refractivity contribution is -0.144. The molecule has 1 aromatic carbocycles. The number of nitriles is 1. The van der Waals surface area contributed by atoms with Crippen LogP contribution in [0.25, 0.3) is 10.9 Å². The molecule has 0 radical (unpaired) electrons. The molecular weight excluding hydrogens is 370 g/mol. The largest absolute Gasteiger partial charge is 0.480 e. The Balaban J connectivity index is 1.83. The number of fused-ring (bicyclic) bond motifs is 1. The number of nitrogens with zero attached hydrogens (tertiary/aromatic N) is 3. The molecule has 0 bridgehead atoms. The first-order valence-corrected chi connectivity index (χ1v) is 9.88. The lowest BCUT2D eigenvalue weighted by atomic mass is 10.0. The lowest BCUT2D eigenvalue weighted by Gasteiger charge is -2.37. The lowest BCUT2D eigenvalue weighted by Crippen LogP contribution is -2.49. The molecule has 3 N–H and O–H groups in total. The molecule has 1 aromatic heterocycles. The highest BCUT2D eigenvalue weighted by Crippen LogP contribution is 2.31. The number of carboxylic acids is 1. The maximum atomic E-state index is 12.2. The quantitative estimate of drug-likeness (QED) is 0.661. The fourth-order valence-electron chi connectivity index (χ4n) is 3.67. The van der Waals surface area contributed by atoms with Crippen LogP contribution in [0.2, 0.25) is 0 Å². The molecule has 2 heterocycles. The van der Waals surface area contributed by atoms with Crippen molar-refractivity contribution in [1.29, 1.82) is 5.26 Å². The number of benzene rings is 1. The number of amides is 1. The second-order valence-electron chi connectivity index (χ2n) is 7.67. The highest BCUT2D eigenvalue weighted by atomic mass is 16.4. The molecule has 1 unspecified atom stereocenters. The standard InChI is InChI=1S/C21H27N5O3/c1-14(2)20(27)24-15-4-5-18-16(12-15)17(13-23-18)19(21(28)29)26-10-8-25(9-11-26)7-3-6-22/h4-5,12-14,19,23H,3,7-11H2,1-2H3,(H,24,27)(H,28,29). The Hall–Kier alpha value is -2.89. The van der Waals surface area contributed by atoms with Crippen LogP contribution in [0.1, 0.15) is 31.9 Å². The monoisotopic (exact) mass is 397 g/mol. The number of rotatable bonds is 7. The number of anilines is 1. The number of aliphatic carboxylic acids is 1. The zero-order chi connectivity index (χ0) is 21.0. The van der Waals surface area contributed by atoms with Crippen molar-refractivity contribution in [3.63, 3.8) is 0 Å². The second-order valence-corrected chi connectivity index (χ2v) is 7.67. The van der Waals surface area contributed by atoms with E-state index in [0.29, 0.717) is 37.3 Å². The molecule has 1 aliphatic heterocycles. The average molecular weight is 397 g/mol. The summed E-state index contributed by atoms with van der Waals surface area (Å²) in [6, 6.07) is 6.89. The van der Waals surface area contributed by atoms with E-state index in [1.54, 1.807) is 6.20 Å². The minimum Gasteiger partial charge on any atom is -0.480 e. The predicted molar refractivity (Wildman–Crippen MR) is 110 cm³/mol. The van der Waals surface area contributed by atoms with E-state index in [0.717, 1.165) is 24.0 Å². The van der Waals surface area contributed by atoms with Crippen LogP contribution in [0.4, 0.5) is 5.69 Å². The van der Waals surface area contributed by atoms with E-state index in [1.165, 1.54) is 0 Å². The summed E-state index contributed by atoms with van der Waals surface area (Å²) in [6.45, 7) is 7.09. The minimum atomic E-state index is -0.895. The molecule has 0 spiro atoms. The third-order valence-corrected chi connectivity index (χ3v) is 5.35. The fourth-order valence-corrected chi connectivity index (χ4v) is 3.67. The van der Waals surface area contributed by atoms with Crippen molar-refractivity contribution in [2.24, 2.45) is 5.92 Å². The van der Waals surface area contributed by atoms with Crippen LogP contribution < -0.4 is 5.32 Å². The highest BCUT2D eigenvalue weighted by molar-refractivity contribution is 5.96. The summed E-state index contributed by atoms with van der Waals surface area (Å²) in [5.41, 5.74) is 2.18. The third kappa shape index (κ3) is 4.75. The molecular formula is C21H27N5O3. The van der Waals surface area contributed by atoms with Gasteiger partial charge >= 0.3 is 5.97 Å². The predicted octanol–water partition coefficient (Wildman–Crippen LogP) is 2.42. The number of carbonyl (C=O) groups is 2. The molecule has 8 nitrogen and oxygen atoms in total. The van der Waals surface area contributed by atoms with Gasteiger partial charge in [-0.25, -0.2) is 0 Å². The number of aromatic nitrogens is 1. The van der Waals surface area contributed by atoms with Crippen molar-refractivity contribution in [2.45, 2.75) is 26.3 Å². The van der Waals surface area contributed by atoms with Gasteiger partial charge in [0, 0.05) is 73.4 Å². The molecule has 154 valence electrons. The Kier molecular flexibility index (Phi) is 6.52. The van der Waals surface area contributed by atoms with Crippen LogP contribution >= 0.6 is 0 Å². The number of carboxylic acid groups (broad SMARTS) is 1. The average Bonchev–Trinajstić information content (AvgIpc) is 3.10. The van der Waals surface area contributed by atoms with Crippen LogP contribution in [-0.2, 0) is 9.59 Å². The number of H-pyrrole nitrogens is 1. The van der Waals surface area contributed by atoms with E-state index in [2.05, 4.69) is 21.3 Å². The van der Waals surface area contributed by atoms with Gasteiger partial charge < -0.3 is 15.4 Å². The number of hydrogen-bond acceptors (Lipinski definition) is 5. The van der Waals surface area contributed by atoms with Gasteiger partial charge in [-0.05, 0) is 18.2 Å². The van der Waals surface area contributed by atoms with E-state index in [1.807, 2.05) is 36.9 Å². The van der Waals surface area contributed by atoms with Gasteiger partial charge in [0.05, 0.1) is 6.07 Å². The van der Waals surface area contributed by atoms with Crippen LogP contribution in [-0.4, -0.2) is 64.5 Å². The van der Waals surface area contributed by atoms with Crippen LogP contribution in [0.5, 0.6) is 0 Å². The van der Waals surface area contributed by atoms with Crippen LogP contribution in [0.3, 0.4) is 0 Å². The van der Waals surface area contributed by atoms with E-state index in [9.17, 15) is 14.7 Å². The Labute approximate surface area is 170 Å². The number of piperazine rings is 1. The van der Waals surface area contributed by atoms with E-state index in [4.69, 9.17) is 5.26 Å². The summed E-state index contributed by atoms with van der Waals surface area (Å²) in [5, 5.41) is 22.4. The summed E-state index contributed by atoms with van der Waals surface area (Å²) in [4.78, 5) is 31.5. The Morgan fingerprint density at radius 2 is 2.00 bits per heavy atom. The molecule has 8 heteroatoms. The fraction of sp³-hybridized carbons (Fsp3) is 0.476. The normalized spacial score (nSPS) is 16.6. The van der Waals surface area contributed by atoms with Crippen molar-refractivity contribution in [1.82, 2.24) is 14.8 Å². The molecule has 1 fully saturated rings. The Morgan fingerprint density at radius 1 is 1.28 bits per heavy atom. The number of aromatic amines is 1. The first-order valence-electron chi connectivity index (χ1n) is 9.88. The zero-order valence-electron chi connectivity index (χ0n) is 16.8. The first-order chi connectivity index (χ1) is 13.9. The maximum Gasteiger partial charge on any atom is 0.325 e. The molecule has 1 saturated heterocycles. The molecule has 1 aliphatic rings. The van der Waals surface area contributed by atoms with Gasteiger partial charge in [0.15, 0.2) is 0 Å². The van der Waals surface area contributed by atoms with Gasteiger partial charge in [0.1, 0.15) is 6.04 Å². The molecule has 0 saturated carbocycles. The van der Waals surface area contributed by atoms with Crippen molar-refractivity contribution < 1.29 is 14.7 Å². The number of nitrogens with one attached hydrogen (secondary N) is 2. The maximum absolute atomic E-state index is 12.2. The van der Waals surface area contributed by atoms with Gasteiger partial charge in [0.25, 0.3) is 0 Å². The smallest absolute Gasteiger partial charge is 0.325 e. The van der Waals surface area contributed by atoms with Gasteiger partial charge in [-0.2, -0.15) is 5.26 Å². The van der Waals surface area contributed by atoms with Crippen molar-refractivity contribution in [2.75, 3.05) is 38.0 Å². The summed E-state index contributed by atoms with van der Waals surface area (Å²) < 4.78 is 0. The van der Waals surface area contributed by atoms with E-state index >= 15 is 0 Å². The molecule has 3 rings (SSSR count). The van der Waals surface area contributed by atoms with Crippen LogP contribution in [0.15, 0.2) is 24.4 Å². The highest BCUT2D eigenvalue weighted by Gasteiger charge is 2.32. The summed E-state index contributed by atoms with van der Waals surface area (Å²) in [6.07, 6.45) is 2.23. The van der Waals surface area contributed by atoms with Crippen molar-refractivity contribution >= 4 is 28.5 Å². The van der Waals surface area contributed by atoms with Gasteiger partial charge in [-0.1, -0.05) is 13.8 Å². The number of hydrogen-bond donors (Lipinski definition) is 3. The summed E-state index contributed by atoms with van der Waals surface area (Å²) in [5.74, 6) is -1.11. The first kappa shape index (κ1) is 20.8. The Bertz CT molecular complexity index is 922. The second kappa shape index (κ2) is 9.07. The van der Waals surface area contributed by atoms with Crippen molar-refractivity contribution in [3.8, 4) is 6.07 Å². The van der Waals surface area contributed by atoms with Crippen LogP contribution in [0, 0.1) is 17.2 Å². The van der Waals surface area contributed by atoms with Gasteiger partial charge in [-0.15, -0.1) is 0 Å². The molecule has 1 atom stereocenters. The topological polar surface area (TPSA) is 112 Å². The molecule has 0 aliphatic carbocycles. The third-order valence-electron chi connectivity index (χ3n) is 5.35. The van der Waals surface area contributed by atoms with E-state index < -0.39 is 12.0 Å². The molecule has 1 amide bonds. The van der Waals surface area contributed by atoms with Gasteiger partial charge in [0.2, 0.25) is 5.91 Å². The molecule has 29 heavy (non-hydrogen) atoms. The number of carbonyl (C=O) groups excluding carboxylic acids is 1. The summed E-state index contributed by atoms with van der Waals surface area (Å²) in [7, 11) is 0. The minimum absolute atomic E-state index is 0.0790. The summed E-state index contributed by atoms with van der Waals surface area (Å²) >= 11 is 0. The molecule has 2 aromatic rings. The SMILES string of the molecule is CC(C)C(=O)Nc1ccc2[nH]cc(C(C(=O)O)N3CCN(CCC#N)CC3)c2c1. The zero-order valence-corrected chi connectivity index (χ0v) is 16.8. The Morgan fingerprint density at radius 3 is 2.62 bits per heavy atom. The van der Waals surface area contributed by atoms with E-state index in [-0.39, 0.29) is 11.8 Å². The van der Waals surface area contributed by atoms with Gasteiger partial charge in [-0.3, -0.25) is 19.4 Å².